The number of fused-ring (bicyclic) bond motifs is 12. The molecule has 2 aliphatic rings. The molecule has 2 aromatic heterocycles. The molecule has 0 radical (unpaired) electrons. The first-order valence-corrected chi connectivity index (χ1v) is 19.6. The van der Waals surface area contributed by atoms with E-state index in [4.69, 9.17) is 24.7 Å². The Morgan fingerprint density at radius 1 is 0.328 bits per heavy atom. The van der Waals surface area contributed by atoms with Crippen LogP contribution in [0.25, 0.3) is 78.2 Å². The lowest BCUT2D eigenvalue weighted by Gasteiger charge is -2.39. The predicted octanol–water partition coefficient (Wildman–Crippen LogP) is 12.7. The van der Waals surface area contributed by atoms with Crippen LogP contribution in [0.4, 0.5) is 0 Å². The molecule has 58 heavy (non-hydrogen) atoms. The fourth-order valence-electron chi connectivity index (χ4n) is 9.24. The number of rotatable bonds is 4. The average Bonchev–Trinajstić information content (AvgIpc) is 3.58. The Balaban J connectivity index is 1.18. The van der Waals surface area contributed by atoms with Gasteiger partial charge < -0.3 is 4.74 Å². The van der Waals surface area contributed by atoms with Gasteiger partial charge in [0.05, 0.1) is 16.6 Å². The molecule has 0 N–H and O–H groups in total. The van der Waals surface area contributed by atoms with Gasteiger partial charge in [0, 0.05) is 44.2 Å². The van der Waals surface area contributed by atoms with Gasteiger partial charge in [-0.15, -0.1) is 0 Å². The van der Waals surface area contributed by atoms with E-state index in [1.807, 2.05) is 60.7 Å². The van der Waals surface area contributed by atoms with Crippen LogP contribution in [0.3, 0.4) is 0 Å². The molecule has 0 fully saturated rings. The molecule has 3 heterocycles. The third-order valence-electron chi connectivity index (χ3n) is 11.8. The molecule has 0 saturated carbocycles. The predicted molar refractivity (Wildman–Crippen MR) is 232 cm³/mol. The zero-order valence-electron chi connectivity index (χ0n) is 31.2. The minimum absolute atomic E-state index is 0.602. The van der Waals surface area contributed by atoms with Crippen molar-refractivity contribution in [1.29, 1.82) is 0 Å². The van der Waals surface area contributed by atoms with Gasteiger partial charge in [0.15, 0.2) is 17.5 Å². The lowest BCUT2D eigenvalue weighted by atomic mass is 9.66. The van der Waals surface area contributed by atoms with Gasteiger partial charge in [0.1, 0.15) is 11.5 Å². The molecule has 0 atom stereocenters. The minimum Gasteiger partial charge on any atom is -0.457 e. The minimum atomic E-state index is -0.602. The van der Waals surface area contributed by atoms with Crippen LogP contribution in [0.15, 0.2) is 194 Å². The third-order valence-corrected chi connectivity index (χ3v) is 11.8. The Kier molecular flexibility index (Phi) is 7.07. The van der Waals surface area contributed by atoms with Gasteiger partial charge in [0.2, 0.25) is 0 Å². The summed E-state index contributed by atoms with van der Waals surface area (Å²) in [6, 6.07) is 67.8. The number of para-hydroxylation sites is 2. The van der Waals surface area contributed by atoms with Gasteiger partial charge >= 0.3 is 0 Å². The monoisotopic (exact) mass is 740 g/mol. The second-order valence-electron chi connectivity index (χ2n) is 14.9. The SMILES string of the molecule is c1ccc(-c2nc(-c3ccccc3)nc(-c3ccc4nc(-c5ccccc5)c5cc6c(cc5c4c3)C3(c4ccccc4Oc4ccccc43)c3ccccc3-6)n2)cc1. The molecule has 8 aromatic carbocycles. The van der Waals surface area contributed by atoms with Gasteiger partial charge in [0.25, 0.3) is 0 Å². The van der Waals surface area contributed by atoms with E-state index in [0.29, 0.717) is 17.5 Å². The van der Waals surface area contributed by atoms with Crippen molar-refractivity contribution in [1.82, 2.24) is 19.9 Å². The maximum atomic E-state index is 6.65. The zero-order chi connectivity index (χ0) is 38.2. The van der Waals surface area contributed by atoms with Gasteiger partial charge in [-0.1, -0.05) is 152 Å². The lowest BCUT2D eigenvalue weighted by Crippen LogP contribution is -2.32. The first kappa shape index (κ1) is 32.5. The summed E-state index contributed by atoms with van der Waals surface area (Å²) in [7, 11) is 0. The summed E-state index contributed by atoms with van der Waals surface area (Å²) in [5.41, 5.74) is 12.2. The van der Waals surface area contributed by atoms with Gasteiger partial charge in [-0.2, -0.15) is 0 Å². The average molecular weight is 741 g/mol. The highest BCUT2D eigenvalue weighted by molar-refractivity contribution is 6.14. The van der Waals surface area contributed by atoms with Crippen molar-refractivity contribution < 1.29 is 4.74 Å². The summed E-state index contributed by atoms with van der Waals surface area (Å²) in [5, 5.41) is 3.22. The van der Waals surface area contributed by atoms with E-state index in [2.05, 4.69) is 133 Å². The van der Waals surface area contributed by atoms with Gasteiger partial charge in [-0.05, 0) is 70.1 Å². The zero-order valence-corrected chi connectivity index (χ0v) is 31.2. The van der Waals surface area contributed by atoms with Gasteiger partial charge in [-0.3, -0.25) is 0 Å². The molecule has 5 nitrogen and oxygen atoms in total. The smallest absolute Gasteiger partial charge is 0.164 e. The first-order valence-electron chi connectivity index (χ1n) is 19.6. The summed E-state index contributed by atoms with van der Waals surface area (Å²) in [5.74, 6) is 3.60. The second kappa shape index (κ2) is 12.6. The maximum absolute atomic E-state index is 6.65. The molecular formula is C53H32N4O. The van der Waals surface area contributed by atoms with Crippen molar-refractivity contribution in [3.05, 3.63) is 216 Å². The molecule has 0 amide bonds. The summed E-state index contributed by atoms with van der Waals surface area (Å²) < 4.78 is 6.65. The molecule has 1 aliphatic carbocycles. The molecule has 0 saturated heterocycles. The lowest BCUT2D eigenvalue weighted by molar-refractivity contribution is 0.436. The maximum Gasteiger partial charge on any atom is 0.164 e. The second-order valence-corrected chi connectivity index (χ2v) is 14.9. The quantitative estimate of drug-likeness (QED) is 0.168. The van der Waals surface area contributed by atoms with Crippen molar-refractivity contribution >= 4 is 21.7 Å². The van der Waals surface area contributed by atoms with Crippen molar-refractivity contribution in [3.8, 4) is 68.0 Å². The van der Waals surface area contributed by atoms with E-state index in [-0.39, 0.29) is 0 Å². The Bertz CT molecular complexity index is 3150. The summed E-state index contributed by atoms with van der Waals surface area (Å²) in [4.78, 5) is 20.6. The van der Waals surface area contributed by atoms with E-state index < -0.39 is 5.41 Å². The standard InChI is InChI=1S/C53H32N4O/c1-4-16-33(17-5-1)49-41-31-39-37-22-10-11-23-42(37)53(43-24-12-14-26-47(43)58-48-27-15-13-25-44(48)53)45(39)32-38(41)40-30-36(28-29-46(40)54-49)52-56-50(34-18-6-2-7-19-34)55-51(57-52)35-20-8-3-9-21-35/h1-32H. The highest BCUT2D eigenvalue weighted by Gasteiger charge is 2.51. The highest BCUT2D eigenvalue weighted by atomic mass is 16.5. The van der Waals surface area contributed by atoms with Crippen molar-refractivity contribution in [3.63, 3.8) is 0 Å². The van der Waals surface area contributed by atoms with Crippen LogP contribution < -0.4 is 4.74 Å². The first-order chi connectivity index (χ1) is 28.7. The van der Waals surface area contributed by atoms with Crippen LogP contribution in [0.2, 0.25) is 0 Å². The number of aromatic nitrogens is 4. The summed E-state index contributed by atoms with van der Waals surface area (Å²) in [6.45, 7) is 0. The summed E-state index contributed by atoms with van der Waals surface area (Å²) >= 11 is 0. The molecule has 0 bridgehead atoms. The number of pyridine rings is 1. The number of benzene rings is 8. The fraction of sp³-hybridized carbons (Fsp3) is 0.0189. The topological polar surface area (TPSA) is 60.8 Å². The fourth-order valence-corrected chi connectivity index (χ4v) is 9.24. The molecule has 10 aromatic rings. The van der Waals surface area contributed by atoms with Crippen LogP contribution in [0.5, 0.6) is 11.5 Å². The van der Waals surface area contributed by atoms with Crippen molar-refractivity contribution in [2.45, 2.75) is 5.41 Å². The molecule has 12 rings (SSSR count). The summed E-state index contributed by atoms with van der Waals surface area (Å²) in [6.07, 6.45) is 0. The van der Waals surface area contributed by atoms with E-state index in [1.54, 1.807) is 0 Å². The third kappa shape index (κ3) is 4.77. The van der Waals surface area contributed by atoms with Gasteiger partial charge in [-0.25, -0.2) is 19.9 Å². The number of ether oxygens (including phenoxy) is 1. The van der Waals surface area contributed by atoms with Crippen LogP contribution in [0, 0.1) is 0 Å². The van der Waals surface area contributed by atoms with E-state index in [1.165, 1.54) is 22.3 Å². The molecule has 0 unspecified atom stereocenters. The Morgan fingerprint density at radius 2 is 0.845 bits per heavy atom. The van der Waals surface area contributed by atoms with Crippen molar-refractivity contribution in [2.24, 2.45) is 0 Å². The Labute approximate surface area is 335 Å². The molecule has 1 aliphatic heterocycles. The van der Waals surface area contributed by atoms with Crippen LogP contribution in [-0.4, -0.2) is 19.9 Å². The van der Waals surface area contributed by atoms with Crippen LogP contribution >= 0.6 is 0 Å². The molecule has 270 valence electrons. The van der Waals surface area contributed by atoms with Crippen LogP contribution in [0.1, 0.15) is 22.3 Å². The van der Waals surface area contributed by atoms with Crippen molar-refractivity contribution in [2.75, 3.05) is 0 Å². The highest BCUT2D eigenvalue weighted by Crippen LogP contribution is 2.62. The van der Waals surface area contributed by atoms with E-state index in [0.717, 1.165) is 72.2 Å². The number of nitrogens with zero attached hydrogens (tertiary/aromatic N) is 4. The molecule has 1 spiro atoms. The largest absolute Gasteiger partial charge is 0.457 e. The normalized spacial score (nSPS) is 13.1. The molecular weight excluding hydrogens is 709 g/mol. The molecule has 5 heteroatoms. The number of hydrogen-bond acceptors (Lipinski definition) is 5. The Morgan fingerprint density at radius 3 is 1.47 bits per heavy atom. The Hall–Kier alpha value is -7.76. The number of hydrogen-bond donors (Lipinski definition) is 0. The van der Waals surface area contributed by atoms with E-state index in [9.17, 15) is 0 Å². The van der Waals surface area contributed by atoms with E-state index >= 15 is 0 Å². The van der Waals surface area contributed by atoms with Crippen LogP contribution in [-0.2, 0) is 5.41 Å².